The van der Waals surface area contributed by atoms with Gasteiger partial charge in [0.15, 0.2) is 0 Å². The van der Waals surface area contributed by atoms with Crippen LogP contribution in [0.3, 0.4) is 0 Å². The summed E-state index contributed by atoms with van der Waals surface area (Å²) in [6.45, 7) is 13.0. The Morgan fingerprint density at radius 1 is 1.13 bits per heavy atom. The molecular formula is C30H37ClN4O3. The predicted octanol–water partition coefficient (Wildman–Crippen LogP) is 4.78. The maximum atomic E-state index is 13.3. The Hall–Kier alpha value is -2.79. The quantitative estimate of drug-likeness (QED) is 0.572. The Labute approximate surface area is 230 Å². The van der Waals surface area contributed by atoms with Gasteiger partial charge >= 0.3 is 0 Å². The van der Waals surface area contributed by atoms with Crippen LogP contribution in [0.5, 0.6) is 5.75 Å². The second kappa shape index (κ2) is 10.1. The molecule has 1 aliphatic carbocycles. The number of carbonyl (C=O) groups is 1. The highest BCUT2D eigenvalue weighted by Gasteiger charge is 2.64. The fourth-order valence-electron chi connectivity index (χ4n) is 6.83. The SMILES string of the molecule is CC1(C)[C@H](NC(=O)c2ccc(N3CCC4(CC3)CNCCO4)cc2)C(C)(C)[C@H]1Oc1ccc(C#N)c(Cl)c1. The van der Waals surface area contributed by atoms with E-state index in [1.54, 1.807) is 18.2 Å². The Bertz CT molecular complexity index is 1210. The highest BCUT2D eigenvalue weighted by Crippen LogP contribution is 2.55. The average molecular weight is 537 g/mol. The van der Waals surface area contributed by atoms with Crippen molar-refractivity contribution in [2.45, 2.75) is 58.3 Å². The molecule has 2 heterocycles. The summed E-state index contributed by atoms with van der Waals surface area (Å²) in [4.78, 5) is 15.6. The van der Waals surface area contributed by atoms with E-state index < -0.39 is 0 Å². The van der Waals surface area contributed by atoms with E-state index in [4.69, 9.17) is 26.3 Å². The van der Waals surface area contributed by atoms with Gasteiger partial charge in [-0.1, -0.05) is 39.3 Å². The molecule has 2 N–H and O–H groups in total. The minimum Gasteiger partial charge on any atom is -0.489 e. The van der Waals surface area contributed by atoms with Crippen molar-refractivity contribution >= 4 is 23.2 Å². The van der Waals surface area contributed by atoms with Crippen LogP contribution in [-0.4, -0.2) is 56.4 Å². The summed E-state index contributed by atoms with van der Waals surface area (Å²) in [7, 11) is 0. The lowest BCUT2D eigenvalue weighted by Crippen LogP contribution is -2.74. The molecule has 0 radical (unpaired) electrons. The first-order chi connectivity index (χ1) is 18.1. The van der Waals surface area contributed by atoms with Crippen LogP contribution in [0.4, 0.5) is 5.69 Å². The lowest BCUT2D eigenvalue weighted by Gasteiger charge is -2.63. The van der Waals surface area contributed by atoms with E-state index in [2.05, 4.69) is 49.3 Å². The van der Waals surface area contributed by atoms with Gasteiger partial charge in [0.05, 0.1) is 22.8 Å². The second-order valence-electron chi connectivity index (χ2n) is 12.0. The van der Waals surface area contributed by atoms with Gasteiger partial charge in [-0.15, -0.1) is 0 Å². The molecule has 2 aromatic carbocycles. The van der Waals surface area contributed by atoms with Crippen LogP contribution < -0.4 is 20.3 Å². The molecule has 202 valence electrons. The molecule has 1 saturated carbocycles. The first-order valence-corrected chi connectivity index (χ1v) is 13.8. The number of morpholine rings is 1. The molecular weight excluding hydrogens is 500 g/mol. The Morgan fingerprint density at radius 2 is 1.82 bits per heavy atom. The van der Waals surface area contributed by atoms with Gasteiger partial charge in [-0.3, -0.25) is 4.79 Å². The number of carbonyl (C=O) groups excluding carboxylic acids is 1. The van der Waals surface area contributed by atoms with Crippen molar-refractivity contribution in [1.29, 1.82) is 5.26 Å². The number of anilines is 1. The fourth-order valence-corrected chi connectivity index (χ4v) is 7.05. The van der Waals surface area contributed by atoms with Crippen molar-refractivity contribution in [2.24, 2.45) is 10.8 Å². The molecule has 3 fully saturated rings. The minimum atomic E-state index is -0.306. The van der Waals surface area contributed by atoms with Crippen molar-refractivity contribution in [3.8, 4) is 11.8 Å². The van der Waals surface area contributed by atoms with E-state index in [0.717, 1.165) is 51.3 Å². The van der Waals surface area contributed by atoms with E-state index >= 15 is 0 Å². The highest BCUT2D eigenvalue weighted by atomic mass is 35.5. The molecule has 2 aliphatic heterocycles. The number of nitriles is 1. The monoisotopic (exact) mass is 536 g/mol. The third-order valence-electron chi connectivity index (χ3n) is 8.73. The van der Waals surface area contributed by atoms with Gasteiger partial charge in [-0.25, -0.2) is 0 Å². The lowest BCUT2D eigenvalue weighted by atomic mass is 9.49. The van der Waals surface area contributed by atoms with E-state index in [1.807, 2.05) is 24.3 Å². The zero-order chi connectivity index (χ0) is 27.1. The molecule has 38 heavy (non-hydrogen) atoms. The number of benzene rings is 2. The molecule has 0 unspecified atom stereocenters. The summed E-state index contributed by atoms with van der Waals surface area (Å²) in [6, 6.07) is 15.0. The summed E-state index contributed by atoms with van der Waals surface area (Å²) in [5.41, 5.74) is 1.57. The van der Waals surface area contributed by atoms with Crippen molar-refractivity contribution in [3.63, 3.8) is 0 Å². The number of hydrogen-bond donors (Lipinski definition) is 2. The van der Waals surface area contributed by atoms with Gasteiger partial charge in [0, 0.05) is 60.4 Å². The third-order valence-corrected chi connectivity index (χ3v) is 9.05. The summed E-state index contributed by atoms with van der Waals surface area (Å²) >= 11 is 6.21. The second-order valence-corrected chi connectivity index (χ2v) is 12.4. The molecule has 5 rings (SSSR count). The molecule has 2 saturated heterocycles. The van der Waals surface area contributed by atoms with Crippen molar-refractivity contribution in [3.05, 3.63) is 58.6 Å². The number of halogens is 1. The largest absolute Gasteiger partial charge is 0.489 e. The van der Waals surface area contributed by atoms with Crippen LogP contribution in [0.2, 0.25) is 5.02 Å². The number of rotatable bonds is 5. The minimum absolute atomic E-state index is 0.0229. The van der Waals surface area contributed by atoms with Crippen molar-refractivity contribution < 1.29 is 14.3 Å². The summed E-state index contributed by atoms with van der Waals surface area (Å²) in [5.74, 6) is 0.539. The van der Waals surface area contributed by atoms with Crippen LogP contribution in [0.25, 0.3) is 0 Å². The number of piperidine rings is 1. The van der Waals surface area contributed by atoms with Gasteiger partial charge in [0.25, 0.3) is 5.91 Å². The Kier molecular flexibility index (Phi) is 7.10. The predicted molar refractivity (Wildman–Crippen MR) is 149 cm³/mol. The zero-order valence-corrected chi connectivity index (χ0v) is 23.4. The molecule has 8 heteroatoms. The lowest BCUT2D eigenvalue weighted by molar-refractivity contribution is -0.164. The van der Waals surface area contributed by atoms with Gasteiger partial charge in [-0.2, -0.15) is 5.26 Å². The maximum absolute atomic E-state index is 13.3. The third kappa shape index (κ3) is 4.86. The topological polar surface area (TPSA) is 86.6 Å². The molecule has 1 spiro atoms. The molecule has 2 aromatic rings. The number of amides is 1. The number of ether oxygens (including phenoxy) is 2. The van der Waals surface area contributed by atoms with Gasteiger partial charge in [0.1, 0.15) is 17.9 Å². The van der Waals surface area contributed by atoms with E-state index in [-0.39, 0.29) is 34.5 Å². The number of nitrogens with zero attached hydrogens (tertiary/aromatic N) is 2. The van der Waals surface area contributed by atoms with E-state index in [0.29, 0.717) is 21.9 Å². The number of hydrogen-bond acceptors (Lipinski definition) is 6. The summed E-state index contributed by atoms with van der Waals surface area (Å²) < 4.78 is 12.5. The van der Waals surface area contributed by atoms with Gasteiger partial charge in [0.2, 0.25) is 0 Å². The van der Waals surface area contributed by atoms with Crippen LogP contribution in [0.15, 0.2) is 42.5 Å². The first kappa shape index (κ1) is 26.8. The smallest absolute Gasteiger partial charge is 0.251 e. The van der Waals surface area contributed by atoms with E-state index in [9.17, 15) is 4.79 Å². The molecule has 0 atom stereocenters. The van der Waals surface area contributed by atoms with Gasteiger partial charge in [-0.05, 0) is 49.2 Å². The van der Waals surface area contributed by atoms with Crippen LogP contribution in [-0.2, 0) is 4.74 Å². The molecule has 7 nitrogen and oxygen atoms in total. The normalized spacial score (nSPS) is 25.2. The van der Waals surface area contributed by atoms with Crippen LogP contribution >= 0.6 is 11.6 Å². The van der Waals surface area contributed by atoms with Gasteiger partial charge < -0.3 is 25.0 Å². The maximum Gasteiger partial charge on any atom is 0.251 e. The molecule has 3 aliphatic rings. The first-order valence-electron chi connectivity index (χ1n) is 13.4. The van der Waals surface area contributed by atoms with Crippen LogP contribution in [0.1, 0.15) is 56.5 Å². The summed E-state index contributed by atoms with van der Waals surface area (Å²) in [5, 5.41) is 16.2. The zero-order valence-electron chi connectivity index (χ0n) is 22.6. The highest BCUT2D eigenvalue weighted by molar-refractivity contribution is 6.31. The molecule has 0 aromatic heterocycles. The fraction of sp³-hybridized carbons (Fsp3) is 0.533. The average Bonchev–Trinajstić information content (AvgIpc) is 2.91. The Balaban J connectivity index is 1.20. The molecule has 1 amide bonds. The van der Waals surface area contributed by atoms with Crippen molar-refractivity contribution in [2.75, 3.05) is 37.7 Å². The van der Waals surface area contributed by atoms with E-state index in [1.165, 1.54) is 0 Å². The molecule has 0 bridgehead atoms. The summed E-state index contributed by atoms with van der Waals surface area (Å²) in [6.07, 6.45) is 1.87. The number of nitrogens with one attached hydrogen (secondary N) is 2. The van der Waals surface area contributed by atoms with Crippen molar-refractivity contribution in [1.82, 2.24) is 10.6 Å². The Morgan fingerprint density at radius 3 is 2.39 bits per heavy atom. The van der Waals surface area contributed by atoms with Crippen LogP contribution in [0, 0.1) is 22.2 Å². The standard InChI is InChI=1S/C30H37ClN4O3/c1-28(2)26(29(3,4)27(28)38-23-10-7-21(18-32)24(31)17-23)34-25(36)20-5-8-22(9-6-20)35-14-11-30(12-15-35)19-33-13-16-37-30/h5-10,17,26-27,33H,11-16,19H2,1-4H3,(H,34,36)/t26-,27-.